The molecular weight excluding hydrogens is 264 g/mol. The molecule has 0 amide bonds. The summed E-state index contributed by atoms with van der Waals surface area (Å²) in [5.74, 6) is 0.932. The van der Waals surface area contributed by atoms with Crippen LogP contribution in [-0.2, 0) is 4.74 Å². The predicted octanol–water partition coefficient (Wildman–Crippen LogP) is 2.83. The molecule has 0 bridgehead atoms. The van der Waals surface area contributed by atoms with Gasteiger partial charge in [-0.25, -0.2) is 0 Å². The van der Waals surface area contributed by atoms with E-state index in [0.29, 0.717) is 25.8 Å². The molecule has 0 aromatic heterocycles. The Hall–Kier alpha value is -1.10. The van der Waals surface area contributed by atoms with Gasteiger partial charge < -0.3 is 15.2 Å². The fraction of sp³-hybridized carbons (Fsp3) is 0.647. The van der Waals surface area contributed by atoms with Crippen molar-refractivity contribution in [3.63, 3.8) is 0 Å². The van der Waals surface area contributed by atoms with Crippen molar-refractivity contribution < 1.29 is 9.47 Å². The van der Waals surface area contributed by atoms with E-state index in [0.717, 1.165) is 18.7 Å². The zero-order valence-electron chi connectivity index (χ0n) is 13.8. The summed E-state index contributed by atoms with van der Waals surface area (Å²) in [5, 5.41) is 0. The zero-order valence-corrected chi connectivity index (χ0v) is 13.8. The van der Waals surface area contributed by atoms with Crippen LogP contribution in [0.4, 0.5) is 0 Å². The van der Waals surface area contributed by atoms with E-state index in [-0.39, 0.29) is 6.04 Å². The third-order valence-corrected chi connectivity index (χ3v) is 3.91. The second-order valence-electron chi connectivity index (χ2n) is 5.21. The van der Waals surface area contributed by atoms with Crippen LogP contribution in [0.1, 0.15) is 38.8 Å². The lowest BCUT2D eigenvalue weighted by Gasteiger charge is -2.36. The highest BCUT2D eigenvalue weighted by Gasteiger charge is 2.25. The molecule has 0 aliphatic carbocycles. The Bertz CT molecular complexity index is 398. The molecule has 120 valence electrons. The van der Waals surface area contributed by atoms with E-state index in [4.69, 9.17) is 15.2 Å². The Morgan fingerprint density at radius 2 is 1.95 bits per heavy atom. The number of para-hydroxylation sites is 1. The van der Waals surface area contributed by atoms with Gasteiger partial charge >= 0.3 is 0 Å². The van der Waals surface area contributed by atoms with Crippen molar-refractivity contribution in [1.82, 2.24) is 4.90 Å². The minimum absolute atomic E-state index is 0.151. The molecule has 0 radical (unpaired) electrons. The first kappa shape index (κ1) is 18.0. The first-order valence-electron chi connectivity index (χ1n) is 7.85. The highest BCUT2D eigenvalue weighted by atomic mass is 16.5. The third kappa shape index (κ3) is 4.99. The summed E-state index contributed by atoms with van der Waals surface area (Å²) in [7, 11) is 1.74. The molecule has 2 N–H and O–H groups in total. The highest BCUT2D eigenvalue weighted by molar-refractivity contribution is 5.36. The number of hydrogen-bond acceptors (Lipinski definition) is 4. The normalized spacial score (nSPS) is 14.2. The summed E-state index contributed by atoms with van der Waals surface area (Å²) in [6.45, 7) is 9.25. The number of benzene rings is 1. The average molecular weight is 294 g/mol. The zero-order chi connectivity index (χ0) is 15.7. The summed E-state index contributed by atoms with van der Waals surface area (Å²) in [5.41, 5.74) is 7.26. The second kappa shape index (κ2) is 9.77. The number of nitrogens with zero attached hydrogens (tertiary/aromatic N) is 1. The quantitative estimate of drug-likeness (QED) is 0.721. The number of rotatable bonds is 10. The van der Waals surface area contributed by atoms with E-state index in [2.05, 4.69) is 24.8 Å². The molecule has 21 heavy (non-hydrogen) atoms. The molecule has 0 fully saturated rings. The Morgan fingerprint density at radius 3 is 2.52 bits per heavy atom. The van der Waals surface area contributed by atoms with Crippen molar-refractivity contribution in [2.24, 2.45) is 5.73 Å². The molecule has 1 aromatic carbocycles. The number of ether oxygens (including phenoxy) is 2. The molecule has 0 saturated carbocycles. The standard InChI is InChI=1S/C17H30N2O2/c1-5-14(3)19(11-12-20-4)16(13-18)15-9-7-8-10-17(15)21-6-2/h7-10,14,16H,5-6,11-13,18H2,1-4H3. The molecule has 0 saturated heterocycles. The van der Waals surface area contributed by atoms with Crippen LogP contribution in [0.25, 0.3) is 0 Å². The van der Waals surface area contributed by atoms with Crippen molar-refractivity contribution in [1.29, 1.82) is 0 Å². The molecule has 0 aliphatic heterocycles. The van der Waals surface area contributed by atoms with Gasteiger partial charge in [0, 0.05) is 31.8 Å². The van der Waals surface area contributed by atoms with Gasteiger partial charge in [-0.2, -0.15) is 0 Å². The lowest BCUT2D eigenvalue weighted by atomic mass is 10.0. The highest BCUT2D eigenvalue weighted by Crippen LogP contribution is 2.30. The minimum atomic E-state index is 0.151. The van der Waals surface area contributed by atoms with E-state index in [1.807, 2.05) is 25.1 Å². The first-order valence-corrected chi connectivity index (χ1v) is 7.85. The molecule has 0 aliphatic rings. The van der Waals surface area contributed by atoms with Crippen LogP contribution in [-0.4, -0.2) is 44.4 Å². The van der Waals surface area contributed by atoms with Crippen LogP contribution in [0.15, 0.2) is 24.3 Å². The molecule has 0 heterocycles. The second-order valence-corrected chi connectivity index (χ2v) is 5.21. The minimum Gasteiger partial charge on any atom is -0.494 e. The fourth-order valence-corrected chi connectivity index (χ4v) is 2.60. The maximum atomic E-state index is 6.10. The molecule has 2 unspecified atom stereocenters. The van der Waals surface area contributed by atoms with E-state index >= 15 is 0 Å². The monoisotopic (exact) mass is 294 g/mol. The van der Waals surface area contributed by atoms with Gasteiger partial charge in [0.05, 0.1) is 19.3 Å². The van der Waals surface area contributed by atoms with Gasteiger partial charge in [-0.3, -0.25) is 4.90 Å². The van der Waals surface area contributed by atoms with E-state index < -0.39 is 0 Å². The molecule has 0 spiro atoms. The van der Waals surface area contributed by atoms with Gasteiger partial charge in [0.15, 0.2) is 0 Å². The predicted molar refractivity (Wildman–Crippen MR) is 87.7 cm³/mol. The smallest absolute Gasteiger partial charge is 0.124 e. The number of methoxy groups -OCH3 is 1. The van der Waals surface area contributed by atoms with Crippen LogP contribution in [0.2, 0.25) is 0 Å². The van der Waals surface area contributed by atoms with Crippen molar-refractivity contribution in [3.05, 3.63) is 29.8 Å². The first-order chi connectivity index (χ1) is 10.2. The van der Waals surface area contributed by atoms with Crippen molar-refractivity contribution in [2.75, 3.05) is 33.4 Å². The topological polar surface area (TPSA) is 47.7 Å². The van der Waals surface area contributed by atoms with Gasteiger partial charge in [0.1, 0.15) is 5.75 Å². The van der Waals surface area contributed by atoms with Crippen molar-refractivity contribution in [2.45, 2.75) is 39.3 Å². The molecule has 4 nitrogen and oxygen atoms in total. The van der Waals surface area contributed by atoms with Crippen LogP contribution in [0.3, 0.4) is 0 Å². The number of nitrogens with two attached hydrogens (primary N) is 1. The van der Waals surface area contributed by atoms with Crippen LogP contribution in [0.5, 0.6) is 5.75 Å². The summed E-state index contributed by atoms with van der Waals surface area (Å²) < 4.78 is 11.0. The summed E-state index contributed by atoms with van der Waals surface area (Å²) >= 11 is 0. The van der Waals surface area contributed by atoms with Crippen LogP contribution < -0.4 is 10.5 Å². The Balaban J connectivity index is 3.06. The lowest BCUT2D eigenvalue weighted by molar-refractivity contribution is 0.0889. The number of hydrogen-bond donors (Lipinski definition) is 1. The van der Waals surface area contributed by atoms with E-state index in [9.17, 15) is 0 Å². The fourth-order valence-electron chi connectivity index (χ4n) is 2.60. The SMILES string of the molecule is CCOc1ccccc1C(CN)N(CCOC)C(C)CC. The van der Waals surface area contributed by atoms with E-state index in [1.54, 1.807) is 7.11 Å². The summed E-state index contributed by atoms with van der Waals surface area (Å²) in [4.78, 5) is 2.42. The van der Waals surface area contributed by atoms with Crippen LogP contribution >= 0.6 is 0 Å². The van der Waals surface area contributed by atoms with Gasteiger partial charge in [0.2, 0.25) is 0 Å². The molecule has 1 rings (SSSR count). The molecule has 4 heteroatoms. The Kier molecular flexibility index (Phi) is 8.35. The van der Waals surface area contributed by atoms with Gasteiger partial charge in [-0.05, 0) is 26.3 Å². The van der Waals surface area contributed by atoms with Gasteiger partial charge in [0.25, 0.3) is 0 Å². The van der Waals surface area contributed by atoms with Crippen molar-refractivity contribution in [3.8, 4) is 5.75 Å². The van der Waals surface area contributed by atoms with E-state index in [1.165, 1.54) is 5.56 Å². The largest absolute Gasteiger partial charge is 0.494 e. The van der Waals surface area contributed by atoms with Crippen molar-refractivity contribution >= 4 is 0 Å². The third-order valence-electron chi connectivity index (χ3n) is 3.91. The maximum Gasteiger partial charge on any atom is 0.124 e. The lowest BCUT2D eigenvalue weighted by Crippen LogP contribution is -2.41. The summed E-state index contributed by atoms with van der Waals surface area (Å²) in [6, 6.07) is 8.79. The van der Waals surface area contributed by atoms with Gasteiger partial charge in [-0.15, -0.1) is 0 Å². The Morgan fingerprint density at radius 1 is 1.24 bits per heavy atom. The average Bonchev–Trinajstić information content (AvgIpc) is 2.52. The molecular formula is C17H30N2O2. The van der Waals surface area contributed by atoms with Gasteiger partial charge in [-0.1, -0.05) is 25.1 Å². The maximum absolute atomic E-state index is 6.10. The molecule has 1 aromatic rings. The molecule has 2 atom stereocenters. The van der Waals surface area contributed by atoms with Crippen LogP contribution in [0, 0.1) is 0 Å². The Labute approximate surface area is 129 Å². The summed E-state index contributed by atoms with van der Waals surface area (Å²) in [6.07, 6.45) is 1.08.